The van der Waals surface area contributed by atoms with Gasteiger partial charge >= 0.3 is 6.18 Å². The Hall–Kier alpha value is -4.46. The molecule has 1 amide bonds. The van der Waals surface area contributed by atoms with Crippen molar-refractivity contribution in [1.82, 2.24) is 30.0 Å². The van der Waals surface area contributed by atoms with E-state index >= 15 is 0 Å². The number of carbonyl (C=O) groups is 1. The number of anilines is 2. The highest BCUT2D eigenvalue weighted by molar-refractivity contribution is 6.06. The van der Waals surface area contributed by atoms with Gasteiger partial charge in [0, 0.05) is 80.2 Å². The first-order valence-electron chi connectivity index (χ1n) is 18.3. The first-order valence-corrected chi connectivity index (χ1v) is 18.3. The van der Waals surface area contributed by atoms with Gasteiger partial charge in [0.15, 0.2) is 12.4 Å². The fourth-order valence-corrected chi connectivity index (χ4v) is 8.87. The lowest BCUT2D eigenvalue weighted by Gasteiger charge is -2.54. The maximum Gasteiger partial charge on any atom is 0.422 e. The fourth-order valence-electron chi connectivity index (χ4n) is 8.87. The molecule has 1 N–H and O–H groups in total. The van der Waals surface area contributed by atoms with Gasteiger partial charge in [-0.1, -0.05) is 12.6 Å². The third-order valence-corrected chi connectivity index (χ3v) is 11.9. The Morgan fingerprint density at radius 3 is 2.50 bits per heavy atom. The monoisotopic (exact) mass is 718 g/mol. The number of amides is 1. The molecule has 14 heteroatoms. The van der Waals surface area contributed by atoms with Crippen LogP contribution in [0, 0.1) is 12.3 Å². The van der Waals surface area contributed by atoms with Gasteiger partial charge in [-0.3, -0.25) is 14.8 Å². The summed E-state index contributed by atoms with van der Waals surface area (Å²) in [4.78, 5) is 30.8. The summed E-state index contributed by atoms with van der Waals surface area (Å²) in [5, 5.41) is 8.78. The number of halogens is 4. The summed E-state index contributed by atoms with van der Waals surface area (Å²) in [6, 6.07) is 6.14. The van der Waals surface area contributed by atoms with Gasteiger partial charge in [-0.25, -0.2) is 9.37 Å². The first kappa shape index (κ1) is 33.4. The molecule has 5 fully saturated rings. The number of alkyl halides is 4. The second-order valence-corrected chi connectivity index (χ2v) is 15.5. The minimum atomic E-state index is -4.58. The van der Waals surface area contributed by atoms with E-state index in [4.69, 9.17) is 14.7 Å². The van der Waals surface area contributed by atoms with E-state index < -0.39 is 19.0 Å². The van der Waals surface area contributed by atoms with E-state index in [1.165, 1.54) is 6.08 Å². The minimum absolute atomic E-state index is 0.0304. The number of fused-ring (bicyclic) bond motifs is 2. The predicted molar refractivity (Wildman–Crippen MR) is 191 cm³/mol. The lowest BCUT2D eigenvalue weighted by Crippen LogP contribution is -2.61. The number of aromatic amines is 1. The van der Waals surface area contributed by atoms with Crippen LogP contribution in [0.1, 0.15) is 49.1 Å². The van der Waals surface area contributed by atoms with Gasteiger partial charge in [-0.05, 0) is 79.8 Å². The molecule has 1 aliphatic carbocycles. The zero-order valence-electron chi connectivity index (χ0n) is 29.2. The summed E-state index contributed by atoms with van der Waals surface area (Å²) >= 11 is 0. The summed E-state index contributed by atoms with van der Waals surface area (Å²) in [6.45, 7) is 8.96. The van der Waals surface area contributed by atoms with Crippen LogP contribution in [0.3, 0.4) is 0 Å². The maximum atomic E-state index is 14.1. The molecule has 4 saturated heterocycles. The maximum absolute atomic E-state index is 14.1. The van der Waals surface area contributed by atoms with E-state index in [0.29, 0.717) is 80.6 Å². The van der Waals surface area contributed by atoms with Crippen molar-refractivity contribution in [3.05, 3.63) is 48.2 Å². The summed E-state index contributed by atoms with van der Waals surface area (Å²) in [5.74, 6) is 1.34. The molecule has 274 valence electrons. The molecule has 6 heterocycles. The van der Waals surface area contributed by atoms with Crippen LogP contribution >= 0.6 is 0 Å². The van der Waals surface area contributed by atoms with Crippen molar-refractivity contribution in [2.45, 2.75) is 63.3 Å². The highest BCUT2D eigenvalue weighted by Crippen LogP contribution is 2.53. The molecular formula is C38H42F4N8O2. The number of likely N-dealkylation sites (tertiary alicyclic amines) is 2. The van der Waals surface area contributed by atoms with Gasteiger partial charge in [0.2, 0.25) is 11.9 Å². The van der Waals surface area contributed by atoms with Crippen LogP contribution in [0.4, 0.5) is 29.3 Å². The van der Waals surface area contributed by atoms with E-state index in [2.05, 4.69) is 37.5 Å². The SMILES string of the molecule is C=CC(=O)N1CC2(CCN(c3nc(N4CC[C@H](N5CC(F)C5)C4)nc4c(OCC(F)(F)F)c(-c5c(C)ccc6[nH]ncc56)c(C5CC5)cc34)CC2)C1. The van der Waals surface area contributed by atoms with Crippen molar-refractivity contribution in [2.24, 2.45) is 5.41 Å². The molecular weight excluding hydrogens is 676 g/mol. The summed E-state index contributed by atoms with van der Waals surface area (Å²) in [7, 11) is 0. The van der Waals surface area contributed by atoms with Crippen molar-refractivity contribution in [1.29, 1.82) is 0 Å². The molecule has 0 bridgehead atoms. The number of benzene rings is 2. The molecule has 4 aromatic rings. The number of piperidine rings is 1. The number of hydrogen-bond donors (Lipinski definition) is 1. The Morgan fingerprint density at radius 1 is 1.04 bits per heavy atom. The largest absolute Gasteiger partial charge is 0.481 e. The van der Waals surface area contributed by atoms with Gasteiger partial charge in [0.05, 0.1) is 11.7 Å². The highest BCUT2D eigenvalue weighted by atomic mass is 19.4. The lowest BCUT2D eigenvalue weighted by molar-refractivity contribution is -0.153. The molecule has 1 spiro atoms. The van der Waals surface area contributed by atoms with Crippen molar-refractivity contribution in [3.8, 4) is 16.9 Å². The number of aromatic nitrogens is 4. The van der Waals surface area contributed by atoms with Crippen LogP contribution in [-0.2, 0) is 4.79 Å². The molecule has 1 atom stereocenters. The topological polar surface area (TPSA) is 93.7 Å². The number of rotatable bonds is 8. The lowest BCUT2D eigenvalue weighted by atomic mass is 9.72. The van der Waals surface area contributed by atoms with Crippen molar-refractivity contribution in [3.63, 3.8) is 0 Å². The molecule has 2 aromatic heterocycles. The van der Waals surface area contributed by atoms with E-state index in [1.807, 2.05) is 24.0 Å². The Bertz CT molecular complexity index is 2060. The van der Waals surface area contributed by atoms with Crippen LogP contribution in [-0.4, -0.2) is 113 Å². The third-order valence-electron chi connectivity index (χ3n) is 11.9. The van der Waals surface area contributed by atoms with Gasteiger partial charge in [0.1, 0.15) is 17.5 Å². The number of carbonyl (C=O) groups excluding carboxylic acids is 1. The summed E-state index contributed by atoms with van der Waals surface area (Å²) in [5.41, 5.74) is 4.42. The summed E-state index contributed by atoms with van der Waals surface area (Å²) in [6.07, 6.45) is 2.06. The van der Waals surface area contributed by atoms with Crippen molar-refractivity contribution < 1.29 is 27.1 Å². The summed E-state index contributed by atoms with van der Waals surface area (Å²) < 4.78 is 62.0. The number of aryl methyl sites for hydroxylation is 1. The van der Waals surface area contributed by atoms with Crippen LogP contribution in [0.25, 0.3) is 32.9 Å². The van der Waals surface area contributed by atoms with Gasteiger partial charge < -0.3 is 19.4 Å². The Labute approximate surface area is 298 Å². The first-order chi connectivity index (χ1) is 25.0. The zero-order valence-corrected chi connectivity index (χ0v) is 29.2. The zero-order chi connectivity index (χ0) is 35.9. The normalized spacial score (nSPS) is 22.3. The third kappa shape index (κ3) is 5.82. The molecule has 0 radical (unpaired) electrons. The average molecular weight is 719 g/mol. The number of H-pyrrole nitrogens is 1. The molecule has 4 aliphatic heterocycles. The van der Waals surface area contributed by atoms with E-state index in [9.17, 15) is 22.4 Å². The number of hydrogen-bond acceptors (Lipinski definition) is 8. The number of nitrogens with one attached hydrogen (secondary N) is 1. The van der Waals surface area contributed by atoms with E-state index in [-0.39, 0.29) is 29.0 Å². The van der Waals surface area contributed by atoms with Crippen LogP contribution in [0.2, 0.25) is 0 Å². The molecule has 52 heavy (non-hydrogen) atoms. The molecule has 10 nitrogen and oxygen atoms in total. The second kappa shape index (κ2) is 12.3. The van der Waals surface area contributed by atoms with E-state index in [1.54, 1.807) is 6.20 Å². The molecule has 0 unspecified atom stereocenters. The molecule has 2 aromatic carbocycles. The molecule has 9 rings (SSSR count). The van der Waals surface area contributed by atoms with Crippen molar-refractivity contribution in [2.75, 3.05) is 68.8 Å². The van der Waals surface area contributed by atoms with Crippen LogP contribution in [0.5, 0.6) is 5.75 Å². The fraction of sp³-hybridized carbons (Fsp3) is 0.526. The standard InChI is InChI=1S/C38H42F4N8O2/c1-3-30(51)50-19-37(20-50)9-12-47(13-10-37)35-27-14-26(23-5-6-23)32(31-22(2)4-7-29-28(31)15-43-46-29)34(52-21-38(40,41)42)33(27)44-36(45-35)48-11-8-25(18-48)49-16-24(39)17-49/h3-4,7,14-15,23-25H,1,5-6,8-13,16-21H2,2H3,(H,43,46)/t25-/m0/s1. The van der Waals surface area contributed by atoms with E-state index in [0.717, 1.165) is 59.7 Å². The number of nitrogens with zero attached hydrogens (tertiary/aromatic N) is 7. The Morgan fingerprint density at radius 2 is 1.81 bits per heavy atom. The van der Waals surface area contributed by atoms with Crippen LogP contribution < -0.4 is 14.5 Å². The predicted octanol–water partition coefficient (Wildman–Crippen LogP) is 6.15. The van der Waals surface area contributed by atoms with Gasteiger partial charge in [0.25, 0.3) is 0 Å². The van der Waals surface area contributed by atoms with Crippen LogP contribution in [0.15, 0.2) is 37.1 Å². The van der Waals surface area contributed by atoms with Gasteiger partial charge in [-0.15, -0.1) is 0 Å². The van der Waals surface area contributed by atoms with Crippen molar-refractivity contribution >= 4 is 39.5 Å². The Balaban J connectivity index is 1.20. The molecule has 5 aliphatic rings. The second-order valence-electron chi connectivity index (χ2n) is 15.5. The minimum Gasteiger partial charge on any atom is -0.481 e. The Kier molecular flexibility index (Phi) is 7.90. The highest BCUT2D eigenvalue weighted by Gasteiger charge is 2.47. The van der Waals surface area contributed by atoms with Gasteiger partial charge in [-0.2, -0.15) is 23.3 Å². The quantitative estimate of drug-likeness (QED) is 0.172. The average Bonchev–Trinajstić information content (AvgIpc) is 3.63. The number of ether oxygens (including phenoxy) is 1. The smallest absolute Gasteiger partial charge is 0.422 e. The molecule has 1 saturated carbocycles.